The molecule has 0 fully saturated rings. The van der Waals surface area contributed by atoms with Crippen LogP contribution in [-0.2, 0) is 4.74 Å². The van der Waals surface area contributed by atoms with Crippen molar-refractivity contribution in [2.75, 3.05) is 33.4 Å². The maximum Gasteiger partial charge on any atom is 0.188 e. The number of ether oxygens (including phenoxy) is 2. The zero-order chi connectivity index (χ0) is 15.6. The third-order valence-corrected chi connectivity index (χ3v) is 3.19. The molecule has 0 aromatic heterocycles. The number of methoxy groups -OCH3 is 1. The Morgan fingerprint density at radius 1 is 1.14 bits per heavy atom. The molecule has 0 saturated heterocycles. The third kappa shape index (κ3) is 5.26. The number of rotatable bonds is 8. The minimum Gasteiger partial charge on any atom is -0.494 e. The van der Waals surface area contributed by atoms with Gasteiger partial charge in [-0.2, -0.15) is 0 Å². The molecule has 2 aromatic carbocycles. The predicted molar refractivity (Wildman–Crippen MR) is 90.4 cm³/mol. The van der Waals surface area contributed by atoms with Gasteiger partial charge in [0.25, 0.3) is 0 Å². The van der Waals surface area contributed by atoms with Gasteiger partial charge < -0.3 is 20.5 Å². The monoisotopic (exact) mass is 301 g/mol. The van der Waals surface area contributed by atoms with Crippen molar-refractivity contribution in [3.05, 3.63) is 42.5 Å². The molecule has 2 rings (SSSR count). The van der Waals surface area contributed by atoms with Crippen molar-refractivity contribution < 1.29 is 9.47 Å². The van der Waals surface area contributed by atoms with Crippen LogP contribution in [0.3, 0.4) is 0 Å². The average Bonchev–Trinajstić information content (AvgIpc) is 2.54. The first kappa shape index (κ1) is 16.1. The highest BCUT2D eigenvalue weighted by Gasteiger charge is 1.97. The summed E-state index contributed by atoms with van der Waals surface area (Å²) in [7, 11) is 1.65. The molecule has 118 valence electrons. The van der Waals surface area contributed by atoms with E-state index in [-0.39, 0.29) is 0 Å². The van der Waals surface area contributed by atoms with Gasteiger partial charge in [0, 0.05) is 26.6 Å². The fourth-order valence-corrected chi connectivity index (χ4v) is 2.05. The first-order valence-electron chi connectivity index (χ1n) is 7.44. The molecule has 0 atom stereocenters. The number of fused-ring (bicyclic) bond motifs is 1. The summed E-state index contributed by atoms with van der Waals surface area (Å²) in [4.78, 5) is 4.22. The summed E-state index contributed by atoms with van der Waals surface area (Å²) in [5, 5.41) is 5.38. The Labute approximate surface area is 131 Å². The molecule has 22 heavy (non-hydrogen) atoms. The highest BCUT2D eigenvalue weighted by molar-refractivity contribution is 5.83. The zero-order valence-electron chi connectivity index (χ0n) is 12.9. The number of benzene rings is 2. The number of aliphatic imine (C=N–C) groups is 1. The van der Waals surface area contributed by atoms with E-state index in [9.17, 15) is 0 Å². The number of nitrogens with two attached hydrogens (primary N) is 1. The van der Waals surface area contributed by atoms with E-state index >= 15 is 0 Å². The van der Waals surface area contributed by atoms with Gasteiger partial charge in [-0.25, -0.2) is 0 Å². The second kappa shape index (κ2) is 8.89. The zero-order valence-corrected chi connectivity index (χ0v) is 12.9. The first-order valence-corrected chi connectivity index (χ1v) is 7.44. The second-order valence-corrected chi connectivity index (χ2v) is 4.90. The molecule has 0 bridgehead atoms. The minimum atomic E-state index is 0.447. The summed E-state index contributed by atoms with van der Waals surface area (Å²) in [5.41, 5.74) is 5.71. The Bertz CT molecular complexity index is 614. The van der Waals surface area contributed by atoms with Gasteiger partial charge in [-0.3, -0.25) is 4.99 Å². The lowest BCUT2D eigenvalue weighted by molar-refractivity contribution is 0.204. The molecule has 0 heterocycles. The van der Waals surface area contributed by atoms with Crippen molar-refractivity contribution >= 4 is 16.7 Å². The quantitative estimate of drug-likeness (QED) is 0.445. The summed E-state index contributed by atoms with van der Waals surface area (Å²) in [6, 6.07) is 14.4. The SMILES string of the molecule is COCCNC(N)=NCCCOc1ccc2ccccc2c1. The van der Waals surface area contributed by atoms with Gasteiger partial charge in [-0.1, -0.05) is 30.3 Å². The van der Waals surface area contributed by atoms with Crippen molar-refractivity contribution in [3.63, 3.8) is 0 Å². The number of hydrogen-bond acceptors (Lipinski definition) is 3. The Hall–Kier alpha value is -2.27. The van der Waals surface area contributed by atoms with Crippen LogP contribution in [0, 0.1) is 0 Å². The Kier molecular flexibility index (Phi) is 6.51. The van der Waals surface area contributed by atoms with Crippen LogP contribution in [0.15, 0.2) is 47.5 Å². The normalized spacial score (nSPS) is 11.6. The van der Waals surface area contributed by atoms with Crippen molar-refractivity contribution in [1.82, 2.24) is 5.32 Å². The fraction of sp³-hybridized carbons (Fsp3) is 0.353. The highest BCUT2D eigenvalue weighted by atomic mass is 16.5. The molecule has 5 nitrogen and oxygen atoms in total. The minimum absolute atomic E-state index is 0.447. The molecule has 5 heteroatoms. The maximum absolute atomic E-state index is 5.74. The Morgan fingerprint density at radius 3 is 2.77 bits per heavy atom. The molecule has 0 aliphatic heterocycles. The van der Waals surface area contributed by atoms with Crippen LogP contribution in [0.4, 0.5) is 0 Å². The smallest absolute Gasteiger partial charge is 0.188 e. The van der Waals surface area contributed by atoms with Crippen molar-refractivity contribution in [3.8, 4) is 5.75 Å². The third-order valence-electron chi connectivity index (χ3n) is 3.19. The highest BCUT2D eigenvalue weighted by Crippen LogP contribution is 2.20. The van der Waals surface area contributed by atoms with Gasteiger partial charge in [0.05, 0.1) is 13.2 Å². The van der Waals surface area contributed by atoms with Crippen LogP contribution in [0.2, 0.25) is 0 Å². The molecule has 0 aliphatic rings. The number of hydrogen-bond donors (Lipinski definition) is 2. The predicted octanol–water partition coefficient (Wildman–Crippen LogP) is 2.16. The lowest BCUT2D eigenvalue weighted by atomic mass is 10.1. The summed E-state index contributed by atoms with van der Waals surface area (Å²) < 4.78 is 10.7. The van der Waals surface area contributed by atoms with Gasteiger partial charge in [-0.05, 0) is 22.9 Å². The number of nitrogens with one attached hydrogen (secondary N) is 1. The molecular weight excluding hydrogens is 278 g/mol. The molecular formula is C17H23N3O2. The number of guanidine groups is 1. The summed E-state index contributed by atoms with van der Waals surface area (Å²) in [6.45, 7) is 2.54. The van der Waals surface area contributed by atoms with Gasteiger partial charge in [0.1, 0.15) is 5.75 Å². The molecule has 0 aliphatic carbocycles. The fourth-order valence-electron chi connectivity index (χ4n) is 2.05. The molecule has 2 aromatic rings. The van der Waals surface area contributed by atoms with Crippen LogP contribution in [-0.4, -0.2) is 39.4 Å². The largest absolute Gasteiger partial charge is 0.494 e. The van der Waals surface area contributed by atoms with E-state index in [2.05, 4.69) is 34.6 Å². The Morgan fingerprint density at radius 2 is 1.95 bits per heavy atom. The van der Waals surface area contributed by atoms with Gasteiger partial charge >= 0.3 is 0 Å². The van der Waals surface area contributed by atoms with Gasteiger partial charge in [0.2, 0.25) is 0 Å². The summed E-state index contributed by atoms with van der Waals surface area (Å²) in [6.07, 6.45) is 0.819. The second-order valence-electron chi connectivity index (χ2n) is 4.90. The van der Waals surface area contributed by atoms with Crippen LogP contribution in [0.1, 0.15) is 6.42 Å². The van der Waals surface area contributed by atoms with Crippen LogP contribution < -0.4 is 15.8 Å². The van der Waals surface area contributed by atoms with E-state index in [0.717, 1.165) is 12.2 Å². The van der Waals surface area contributed by atoms with Crippen LogP contribution in [0.25, 0.3) is 10.8 Å². The number of nitrogens with zero attached hydrogens (tertiary/aromatic N) is 1. The molecule has 0 saturated carbocycles. The van der Waals surface area contributed by atoms with Crippen molar-refractivity contribution in [2.45, 2.75) is 6.42 Å². The maximum atomic E-state index is 5.74. The topological polar surface area (TPSA) is 68.9 Å². The molecule has 0 spiro atoms. The summed E-state index contributed by atoms with van der Waals surface area (Å²) in [5.74, 6) is 1.33. The molecule has 0 unspecified atom stereocenters. The van der Waals surface area contributed by atoms with E-state index in [4.69, 9.17) is 15.2 Å². The van der Waals surface area contributed by atoms with Crippen LogP contribution in [0.5, 0.6) is 5.75 Å². The van der Waals surface area contributed by atoms with Crippen molar-refractivity contribution in [1.29, 1.82) is 0 Å². The van der Waals surface area contributed by atoms with E-state index in [1.165, 1.54) is 10.8 Å². The average molecular weight is 301 g/mol. The van der Waals surface area contributed by atoms with E-state index in [0.29, 0.717) is 32.3 Å². The molecule has 0 amide bonds. The first-order chi connectivity index (χ1) is 10.8. The van der Waals surface area contributed by atoms with E-state index < -0.39 is 0 Å². The van der Waals surface area contributed by atoms with E-state index in [1.54, 1.807) is 7.11 Å². The standard InChI is InChI=1S/C17H23N3O2/c1-21-12-10-20-17(18)19-9-4-11-22-16-8-7-14-5-2-3-6-15(14)13-16/h2-3,5-8,13H,4,9-12H2,1H3,(H3,18,19,20). The van der Waals surface area contributed by atoms with Crippen molar-refractivity contribution in [2.24, 2.45) is 10.7 Å². The van der Waals surface area contributed by atoms with E-state index in [1.807, 2.05) is 18.2 Å². The molecule has 3 N–H and O–H groups in total. The van der Waals surface area contributed by atoms with Gasteiger partial charge in [0.15, 0.2) is 5.96 Å². The Balaban J connectivity index is 1.70. The van der Waals surface area contributed by atoms with Crippen LogP contribution >= 0.6 is 0 Å². The lowest BCUT2D eigenvalue weighted by Crippen LogP contribution is -2.34. The summed E-state index contributed by atoms with van der Waals surface area (Å²) >= 11 is 0. The lowest BCUT2D eigenvalue weighted by Gasteiger charge is -2.07. The van der Waals surface area contributed by atoms with Gasteiger partial charge in [-0.15, -0.1) is 0 Å². The molecule has 0 radical (unpaired) electrons.